The van der Waals surface area contributed by atoms with E-state index in [-0.39, 0.29) is 0 Å². The summed E-state index contributed by atoms with van der Waals surface area (Å²) in [5.74, 6) is 1.29. The van der Waals surface area contributed by atoms with Crippen molar-refractivity contribution in [2.75, 3.05) is 0 Å². The Kier molecular flexibility index (Phi) is 4.74. The van der Waals surface area contributed by atoms with Crippen LogP contribution in [0.25, 0.3) is 0 Å². The monoisotopic (exact) mass is 291 g/mol. The fourth-order valence-corrected chi connectivity index (χ4v) is 4.81. The van der Waals surface area contributed by atoms with Gasteiger partial charge < -0.3 is 5.11 Å². The van der Waals surface area contributed by atoms with Crippen LogP contribution in [0.3, 0.4) is 0 Å². The molecule has 0 aliphatic heterocycles. The summed E-state index contributed by atoms with van der Waals surface area (Å²) in [5, 5.41) is 21.2. The van der Waals surface area contributed by atoms with E-state index >= 15 is 0 Å². The summed E-state index contributed by atoms with van der Waals surface area (Å²) in [7, 11) is 0. The van der Waals surface area contributed by atoms with Gasteiger partial charge in [0.2, 0.25) is 0 Å². The molecule has 2 aliphatic carbocycles. The van der Waals surface area contributed by atoms with E-state index in [1.807, 2.05) is 0 Å². The molecule has 0 aromatic rings. The van der Waals surface area contributed by atoms with Crippen molar-refractivity contribution in [2.24, 2.45) is 22.7 Å². The first-order valence-corrected chi connectivity index (χ1v) is 8.90. The van der Waals surface area contributed by atoms with Gasteiger partial charge in [0.15, 0.2) is 0 Å². The van der Waals surface area contributed by atoms with E-state index in [9.17, 15) is 10.4 Å². The maximum Gasteiger partial charge on any atom is 0.0860 e. The summed E-state index contributed by atoms with van der Waals surface area (Å²) in [6.45, 7) is 9.13. The highest BCUT2D eigenvalue weighted by molar-refractivity contribution is 5.14. The highest BCUT2D eigenvalue weighted by Gasteiger charge is 2.54. The predicted molar refractivity (Wildman–Crippen MR) is 86.7 cm³/mol. The minimum Gasteiger partial charge on any atom is -0.388 e. The molecule has 120 valence electrons. The van der Waals surface area contributed by atoms with Crippen LogP contribution in [0.5, 0.6) is 0 Å². The van der Waals surface area contributed by atoms with Crippen molar-refractivity contribution in [3.05, 3.63) is 0 Å². The van der Waals surface area contributed by atoms with Crippen LogP contribution in [-0.4, -0.2) is 10.7 Å². The topological polar surface area (TPSA) is 44.0 Å². The molecule has 0 amide bonds. The van der Waals surface area contributed by atoms with E-state index in [0.717, 1.165) is 51.4 Å². The van der Waals surface area contributed by atoms with Gasteiger partial charge in [-0.25, -0.2) is 0 Å². The standard InChI is InChI=1S/C19H33NO/c1-5-15-7-6-10-19(21,13-15)18(14-20)11-8-16(9-12-18)17(2,3)4/h15-16,21H,5-13H2,1-4H3. The maximum atomic E-state index is 11.3. The number of hydrogen-bond donors (Lipinski definition) is 1. The maximum absolute atomic E-state index is 11.3. The Morgan fingerprint density at radius 3 is 2.24 bits per heavy atom. The van der Waals surface area contributed by atoms with Gasteiger partial charge in [-0.2, -0.15) is 5.26 Å². The van der Waals surface area contributed by atoms with Gasteiger partial charge in [0.1, 0.15) is 0 Å². The Morgan fingerprint density at radius 2 is 1.76 bits per heavy atom. The second-order valence-electron chi connectivity index (χ2n) is 8.74. The molecule has 2 atom stereocenters. The Labute approximate surface area is 130 Å². The van der Waals surface area contributed by atoms with Crippen molar-refractivity contribution < 1.29 is 5.11 Å². The van der Waals surface area contributed by atoms with Crippen LogP contribution in [-0.2, 0) is 0 Å². The van der Waals surface area contributed by atoms with Crippen LogP contribution in [0.1, 0.15) is 85.5 Å². The minimum absolute atomic E-state index is 0.322. The van der Waals surface area contributed by atoms with Gasteiger partial charge in [0.25, 0.3) is 0 Å². The first-order chi connectivity index (χ1) is 9.76. The lowest BCUT2D eigenvalue weighted by Gasteiger charge is -2.51. The second kappa shape index (κ2) is 5.92. The largest absolute Gasteiger partial charge is 0.388 e. The van der Waals surface area contributed by atoms with Gasteiger partial charge in [-0.1, -0.05) is 47.0 Å². The number of aliphatic hydroxyl groups is 1. The lowest BCUT2D eigenvalue weighted by Crippen LogP contribution is -2.52. The lowest BCUT2D eigenvalue weighted by atomic mass is 9.55. The van der Waals surface area contributed by atoms with E-state index in [2.05, 4.69) is 33.8 Å². The van der Waals surface area contributed by atoms with Crippen LogP contribution in [0.15, 0.2) is 0 Å². The lowest BCUT2D eigenvalue weighted by molar-refractivity contribution is -0.118. The third kappa shape index (κ3) is 3.14. The highest BCUT2D eigenvalue weighted by Crippen LogP contribution is 2.55. The molecule has 0 spiro atoms. The zero-order valence-corrected chi connectivity index (χ0v) is 14.4. The fraction of sp³-hybridized carbons (Fsp3) is 0.947. The quantitative estimate of drug-likeness (QED) is 0.772. The summed E-state index contributed by atoms with van der Waals surface area (Å²) >= 11 is 0. The molecule has 2 heteroatoms. The predicted octanol–water partition coefficient (Wildman–Crippen LogP) is 5.06. The van der Waals surface area contributed by atoms with Crippen molar-refractivity contribution in [3.8, 4) is 6.07 Å². The molecule has 1 N–H and O–H groups in total. The van der Waals surface area contributed by atoms with Crippen LogP contribution in [0.2, 0.25) is 0 Å². The van der Waals surface area contributed by atoms with Crippen LogP contribution in [0.4, 0.5) is 0 Å². The molecule has 21 heavy (non-hydrogen) atoms. The third-order valence-corrected chi connectivity index (χ3v) is 6.58. The second-order valence-corrected chi connectivity index (χ2v) is 8.74. The first kappa shape index (κ1) is 16.8. The van der Waals surface area contributed by atoms with Crippen LogP contribution < -0.4 is 0 Å². The Balaban J connectivity index is 2.14. The van der Waals surface area contributed by atoms with E-state index in [1.54, 1.807) is 0 Å². The van der Waals surface area contributed by atoms with Crippen molar-refractivity contribution in [1.29, 1.82) is 5.26 Å². The summed E-state index contributed by atoms with van der Waals surface area (Å²) in [4.78, 5) is 0. The molecule has 2 aliphatic rings. The molecular formula is C19H33NO. The molecule has 2 saturated carbocycles. The first-order valence-electron chi connectivity index (χ1n) is 8.90. The van der Waals surface area contributed by atoms with E-state index in [0.29, 0.717) is 17.3 Å². The van der Waals surface area contributed by atoms with Gasteiger partial charge >= 0.3 is 0 Å². The molecule has 2 nitrogen and oxygen atoms in total. The third-order valence-electron chi connectivity index (χ3n) is 6.58. The average Bonchev–Trinajstić information content (AvgIpc) is 2.46. The fourth-order valence-electron chi connectivity index (χ4n) is 4.81. The van der Waals surface area contributed by atoms with Crippen molar-refractivity contribution >= 4 is 0 Å². The van der Waals surface area contributed by atoms with Gasteiger partial charge in [-0.15, -0.1) is 0 Å². The van der Waals surface area contributed by atoms with Gasteiger partial charge in [0, 0.05) is 0 Å². The summed E-state index contributed by atoms with van der Waals surface area (Å²) in [5.41, 5.74) is -0.894. The van der Waals surface area contributed by atoms with Crippen molar-refractivity contribution in [3.63, 3.8) is 0 Å². The molecule has 0 heterocycles. The van der Waals surface area contributed by atoms with Crippen molar-refractivity contribution in [1.82, 2.24) is 0 Å². The van der Waals surface area contributed by atoms with Gasteiger partial charge in [-0.05, 0) is 55.8 Å². The number of nitriles is 1. The average molecular weight is 291 g/mol. The molecule has 0 radical (unpaired) electrons. The molecule has 2 unspecified atom stereocenters. The summed E-state index contributed by atoms with van der Waals surface area (Å²) in [6, 6.07) is 2.59. The highest BCUT2D eigenvalue weighted by atomic mass is 16.3. The number of nitrogens with zero attached hydrogens (tertiary/aromatic N) is 1. The molecule has 0 bridgehead atoms. The number of rotatable bonds is 2. The Morgan fingerprint density at radius 1 is 1.14 bits per heavy atom. The molecular weight excluding hydrogens is 258 g/mol. The summed E-state index contributed by atoms with van der Waals surface area (Å²) in [6.07, 6.45) is 9.08. The van der Waals surface area contributed by atoms with Gasteiger partial charge in [0.05, 0.1) is 17.1 Å². The zero-order chi connectivity index (χ0) is 15.7. The van der Waals surface area contributed by atoms with Crippen LogP contribution in [0, 0.1) is 34.0 Å². The molecule has 0 saturated heterocycles. The van der Waals surface area contributed by atoms with E-state index in [1.165, 1.54) is 6.42 Å². The van der Waals surface area contributed by atoms with Crippen LogP contribution >= 0.6 is 0 Å². The SMILES string of the molecule is CCC1CCCC(O)(C2(C#N)CCC(C(C)(C)C)CC2)C1. The molecule has 2 fully saturated rings. The van der Waals surface area contributed by atoms with E-state index < -0.39 is 11.0 Å². The normalized spacial score (nSPS) is 41.5. The minimum atomic E-state index is -0.733. The molecule has 0 aromatic carbocycles. The van der Waals surface area contributed by atoms with Gasteiger partial charge in [-0.3, -0.25) is 0 Å². The Hall–Kier alpha value is -0.550. The molecule has 0 aromatic heterocycles. The van der Waals surface area contributed by atoms with E-state index in [4.69, 9.17) is 0 Å². The van der Waals surface area contributed by atoms with Crippen molar-refractivity contribution in [2.45, 2.75) is 91.1 Å². The number of hydrogen-bond acceptors (Lipinski definition) is 2. The Bertz CT molecular complexity index is 395. The smallest absolute Gasteiger partial charge is 0.0860 e. The molecule has 2 rings (SSSR count). The zero-order valence-electron chi connectivity index (χ0n) is 14.4. The summed E-state index contributed by atoms with van der Waals surface area (Å²) < 4.78 is 0.